The fourth-order valence-corrected chi connectivity index (χ4v) is 15.7. The van der Waals surface area contributed by atoms with Gasteiger partial charge >= 0.3 is 0 Å². The molecule has 58 heavy (non-hydrogen) atoms. The van der Waals surface area contributed by atoms with E-state index in [1.807, 2.05) is 11.3 Å². The molecule has 0 saturated heterocycles. The molecule has 0 atom stereocenters. The predicted molar refractivity (Wildman–Crippen MR) is 252 cm³/mol. The van der Waals surface area contributed by atoms with Crippen molar-refractivity contribution in [3.05, 3.63) is 218 Å². The summed E-state index contributed by atoms with van der Waals surface area (Å²) in [7, 11) is -2.71. The summed E-state index contributed by atoms with van der Waals surface area (Å²) >= 11 is 1.87. The molecule has 0 fully saturated rings. The van der Waals surface area contributed by atoms with Gasteiger partial charge in [-0.1, -0.05) is 164 Å². The molecule has 272 valence electrons. The van der Waals surface area contributed by atoms with Crippen molar-refractivity contribution in [2.45, 2.75) is 0 Å². The molecule has 12 aromatic rings. The van der Waals surface area contributed by atoms with E-state index in [0.29, 0.717) is 0 Å². The quantitative estimate of drug-likeness (QED) is 0.118. The Bertz CT molecular complexity index is 3410. The maximum atomic E-state index is 2.52. The molecule has 0 N–H and O–H groups in total. The average molecular weight is 773 g/mol. The first-order valence-corrected chi connectivity index (χ1v) is 22.8. The lowest BCUT2D eigenvalue weighted by Crippen LogP contribution is -2.74. The van der Waals surface area contributed by atoms with E-state index in [2.05, 4.69) is 228 Å². The van der Waals surface area contributed by atoms with Gasteiger partial charge in [0.15, 0.2) is 8.07 Å². The van der Waals surface area contributed by atoms with Crippen LogP contribution < -0.4 is 20.7 Å². The molecule has 0 saturated carbocycles. The first-order chi connectivity index (χ1) is 28.8. The molecule has 0 unspecified atom stereocenters. The van der Waals surface area contributed by atoms with Crippen molar-refractivity contribution in [2.24, 2.45) is 0 Å². The summed E-state index contributed by atoms with van der Waals surface area (Å²) in [5.41, 5.74) is 7.22. The summed E-state index contributed by atoms with van der Waals surface area (Å²) in [6.07, 6.45) is 0. The minimum atomic E-state index is -2.71. The minimum absolute atomic E-state index is 1.16. The van der Waals surface area contributed by atoms with Gasteiger partial charge in [0.2, 0.25) is 0 Å². The van der Waals surface area contributed by atoms with Gasteiger partial charge in [-0.15, -0.1) is 11.3 Å². The first-order valence-electron chi connectivity index (χ1n) is 19.9. The lowest BCUT2D eigenvalue weighted by atomic mass is 10.1. The van der Waals surface area contributed by atoms with Crippen LogP contribution in [0, 0.1) is 0 Å². The third kappa shape index (κ3) is 4.76. The monoisotopic (exact) mass is 772 g/mol. The van der Waals surface area contributed by atoms with Crippen molar-refractivity contribution >= 4 is 104 Å². The zero-order valence-electron chi connectivity index (χ0n) is 31.6. The highest BCUT2D eigenvalue weighted by Gasteiger charge is 2.41. The van der Waals surface area contributed by atoms with Crippen LogP contribution in [0.25, 0.3) is 75.2 Å². The molecule has 12 rings (SSSR count). The average Bonchev–Trinajstić information content (AvgIpc) is 3.95. The van der Waals surface area contributed by atoms with Gasteiger partial charge in [0.1, 0.15) is 0 Å². The van der Waals surface area contributed by atoms with E-state index < -0.39 is 8.07 Å². The van der Waals surface area contributed by atoms with Gasteiger partial charge in [-0.2, -0.15) is 0 Å². The molecule has 9 aromatic carbocycles. The Labute approximate surface area is 341 Å². The Balaban J connectivity index is 1.11. The summed E-state index contributed by atoms with van der Waals surface area (Å²) in [4.78, 5) is 0. The van der Waals surface area contributed by atoms with Crippen molar-refractivity contribution in [3.8, 4) is 11.4 Å². The second-order valence-electron chi connectivity index (χ2n) is 15.2. The lowest BCUT2D eigenvalue weighted by Gasteiger charge is -2.34. The molecule has 0 radical (unpaired) electrons. The molecular weight excluding hydrogens is 737 g/mol. The van der Waals surface area contributed by atoms with Crippen LogP contribution in [0.1, 0.15) is 0 Å². The number of hydrogen-bond acceptors (Lipinski definition) is 1. The molecule has 4 heteroatoms. The molecule has 0 aliphatic heterocycles. The number of nitrogens with zero attached hydrogens (tertiary/aromatic N) is 2. The number of thiophene rings is 1. The van der Waals surface area contributed by atoms with Crippen LogP contribution in [0.3, 0.4) is 0 Å². The van der Waals surface area contributed by atoms with E-state index in [-0.39, 0.29) is 0 Å². The fourth-order valence-electron chi connectivity index (χ4n) is 9.85. The van der Waals surface area contributed by atoms with Crippen molar-refractivity contribution < 1.29 is 0 Å². The van der Waals surface area contributed by atoms with Crippen LogP contribution in [0.5, 0.6) is 0 Å². The Morgan fingerprint density at radius 2 is 0.793 bits per heavy atom. The highest BCUT2D eigenvalue weighted by molar-refractivity contribution is 7.26. The Morgan fingerprint density at radius 1 is 0.310 bits per heavy atom. The van der Waals surface area contributed by atoms with Gasteiger partial charge in [-0.3, -0.25) is 0 Å². The smallest absolute Gasteiger partial charge is 0.179 e. The van der Waals surface area contributed by atoms with E-state index in [1.165, 1.54) is 90.2 Å². The van der Waals surface area contributed by atoms with Crippen molar-refractivity contribution in [1.29, 1.82) is 0 Å². The van der Waals surface area contributed by atoms with Gasteiger partial charge in [0.05, 0.1) is 27.8 Å². The molecule has 0 bridgehead atoms. The number of fused-ring (bicyclic) bond motifs is 9. The zero-order chi connectivity index (χ0) is 38.2. The van der Waals surface area contributed by atoms with Gasteiger partial charge < -0.3 is 9.13 Å². The number of benzene rings is 9. The summed E-state index contributed by atoms with van der Waals surface area (Å²) in [6.45, 7) is 0. The van der Waals surface area contributed by atoms with Crippen LogP contribution in [0.4, 0.5) is 0 Å². The second-order valence-corrected chi connectivity index (χ2v) is 20.1. The normalized spacial score (nSPS) is 12.1. The van der Waals surface area contributed by atoms with E-state index in [1.54, 1.807) is 0 Å². The molecule has 0 amide bonds. The van der Waals surface area contributed by atoms with Crippen LogP contribution in [0.15, 0.2) is 218 Å². The molecule has 2 nitrogen and oxygen atoms in total. The molecule has 3 heterocycles. The van der Waals surface area contributed by atoms with Crippen LogP contribution in [-0.4, -0.2) is 17.2 Å². The molecule has 3 aromatic heterocycles. The summed E-state index contributed by atoms with van der Waals surface area (Å²) in [5.74, 6) is 0. The number of aromatic nitrogens is 2. The van der Waals surface area contributed by atoms with Crippen LogP contribution >= 0.6 is 11.3 Å². The molecule has 0 aliphatic rings. The third-order valence-corrected chi connectivity index (χ3v) is 18.2. The number of para-hydroxylation sites is 2. The van der Waals surface area contributed by atoms with Crippen LogP contribution in [0.2, 0.25) is 0 Å². The Hall–Kier alpha value is -6.98. The first kappa shape index (κ1) is 33.2. The largest absolute Gasteiger partial charge is 0.309 e. The standard InChI is InChI=1S/C54H36N2SSi/c1-4-17-38(18-5-1)58(39-19-6-2-7-20-39,40-21-8-3-9-22-40)41-32-34-49-46(36-41)43-24-10-13-26-47(43)55(49)37-31-33-50-45(35-37)42-23-11-14-27-48(42)56(50)51-28-16-30-53-54(51)44-25-12-15-29-52(44)57-53/h1-36H. The second kappa shape index (κ2) is 13.0. The fraction of sp³-hybridized carbons (Fsp3) is 0. The number of hydrogen-bond donors (Lipinski definition) is 0. The topological polar surface area (TPSA) is 9.86 Å². The van der Waals surface area contributed by atoms with Gasteiger partial charge in [-0.05, 0) is 75.3 Å². The van der Waals surface area contributed by atoms with Gasteiger partial charge in [0, 0.05) is 47.4 Å². The van der Waals surface area contributed by atoms with Gasteiger partial charge in [-0.25, -0.2) is 0 Å². The maximum absolute atomic E-state index is 2.71. The van der Waals surface area contributed by atoms with E-state index in [4.69, 9.17) is 0 Å². The zero-order valence-corrected chi connectivity index (χ0v) is 33.4. The van der Waals surface area contributed by atoms with Crippen molar-refractivity contribution in [1.82, 2.24) is 9.13 Å². The van der Waals surface area contributed by atoms with E-state index >= 15 is 0 Å². The number of rotatable bonds is 6. The lowest BCUT2D eigenvalue weighted by molar-refractivity contribution is 1.17. The van der Waals surface area contributed by atoms with Crippen molar-refractivity contribution in [2.75, 3.05) is 0 Å². The van der Waals surface area contributed by atoms with Crippen LogP contribution in [-0.2, 0) is 0 Å². The van der Waals surface area contributed by atoms with Crippen molar-refractivity contribution in [3.63, 3.8) is 0 Å². The SMILES string of the molecule is c1ccc([Si](c2ccccc2)(c2ccccc2)c2ccc3c(c2)c2ccccc2n3-c2ccc3c(c2)c2ccccc2n3-c2cccc3sc4ccccc4c23)cc1. The Kier molecular flexibility index (Phi) is 7.46. The summed E-state index contributed by atoms with van der Waals surface area (Å²) < 4.78 is 7.59. The summed E-state index contributed by atoms with van der Waals surface area (Å²) in [6, 6.07) is 81.4. The van der Waals surface area contributed by atoms with Gasteiger partial charge in [0.25, 0.3) is 0 Å². The molecule has 0 spiro atoms. The predicted octanol–water partition coefficient (Wildman–Crippen LogP) is 11.6. The van der Waals surface area contributed by atoms with E-state index in [0.717, 1.165) is 5.69 Å². The third-order valence-electron chi connectivity index (χ3n) is 12.3. The Morgan fingerprint density at radius 3 is 1.45 bits per heavy atom. The highest BCUT2D eigenvalue weighted by atomic mass is 32.1. The highest BCUT2D eigenvalue weighted by Crippen LogP contribution is 2.42. The maximum Gasteiger partial charge on any atom is 0.179 e. The minimum Gasteiger partial charge on any atom is -0.309 e. The summed E-state index contributed by atoms with van der Waals surface area (Å²) in [5, 5.41) is 13.2. The van der Waals surface area contributed by atoms with E-state index in [9.17, 15) is 0 Å². The molecular formula is C54H36N2SSi. The molecule has 0 aliphatic carbocycles.